The van der Waals surface area contributed by atoms with Gasteiger partial charge in [-0.1, -0.05) is 70.0 Å². The number of fused-ring (bicyclic) bond motifs is 1. The van der Waals surface area contributed by atoms with Crippen LogP contribution in [0.2, 0.25) is 0 Å². The zero-order valence-corrected chi connectivity index (χ0v) is 24.2. The van der Waals surface area contributed by atoms with E-state index in [9.17, 15) is 13.2 Å². The van der Waals surface area contributed by atoms with Gasteiger partial charge in [-0.05, 0) is 66.3 Å². The Morgan fingerprint density at radius 2 is 1.74 bits per heavy atom. The normalized spacial score (nSPS) is 15.3. The largest absolute Gasteiger partial charge is 0.492 e. The summed E-state index contributed by atoms with van der Waals surface area (Å²) < 4.78 is 40.7. The lowest BCUT2D eigenvalue weighted by Gasteiger charge is -2.36. The molecule has 8 heteroatoms. The molecule has 3 aromatic rings. The number of benzene rings is 3. The maximum Gasteiger partial charge on any atom is 0.264 e. The molecule has 1 atom stereocenters. The molecule has 0 saturated carbocycles. The van der Waals surface area contributed by atoms with Gasteiger partial charge in [0, 0.05) is 0 Å². The third kappa shape index (κ3) is 6.74. The van der Waals surface area contributed by atoms with Gasteiger partial charge >= 0.3 is 0 Å². The lowest BCUT2D eigenvalue weighted by atomic mass is 9.86. The van der Waals surface area contributed by atoms with Crippen LogP contribution >= 0.6 is 0 Å². The van der Waals surface area contributed by atoms with Crippen molar-refractivity contribution >= 4 is 21.6 Å². The third-order valence-corrected chi connectivity index (χ3v) is 8.52. The summed E-state index contributed by atoms with van der Waals surface area (Å²) in [6.45, 7) is 10.6. The zero-order chi connectivity index (χ0) is 28.2. The molecular weight excluding hydrogens is 512 g/mol. The van der Waals surface area contributed by atoms with Gasteiger partial charge in [0.05, 0.1) is 23.7 Å². The van der Waals surface area contributed by atoms with Crippen LogP contribution in [0.1, 0.15) is 50.8 Å². The number of aryl methyl sites for hydroxylation is 2. The monoisotopic (exact) mass is 550 g/mol. The van der Waals surface area contributed by atoms with Crippen molar-refractivity contribution in [1.29, 1.82) is 0 Å². The average molecular weight is 551 g/mol. The molecule has 39 heavy (non-hydrogen) atoms. The summed E-state index contributed by atoms with van der Waals surface area (Å²) in [7, 11) is -3.94. The lowest BCUT2D eigenvalue weighted by molar-refractivity contribution is -0.127. The van der Waals surface area contributed by atoms with Crippen molar-refractivity contribution in [2.24, 2.45) is 0 Å². The molecule has 0 radical (unpaired) electrons. The molecule has 1 N–H and O–H groups in total. The summed E-state index contributed by atoms with van der Waals surface area (Å²) in [6, 6.07) is 20.1. The minimum atomic E-state index is -3.94. The highest BCUT2D eigenvalue weighted by Crippen LogP contribution is 2.40. The first kappa shape index (κ1) is 28.5. The van der Waals surface area contributed by atoms with Gasteiger partial charge in [0.25, 0.3) is 15.9 Å². The van der Waals surface area contributed by atoms with Gasteiger partial charge in [0.15, 0.2) is 6.10 Å². The standard InChI is InChI=1S/C31H38N2O5S/c1-6-7-23-10-13-25(14-11-23)37-19-18-32-30(34)29-21-33(39(35,36)26-15-8-22(2)9-16-26)27-20-24(31(3,4)5)12-17-28(27)38-29/h8-17,20,29H,6-7,18-19,21H2,1-5H3,(H,32,34)/t29-/m1/s1. The fourth-order valence-electron chi connectivity index (χ4n) is 4.42. The number of hydrogen-bond donors (Lipinski definition) is 1. The van der Waals surface area contributed by atoms with Crippen LogP contribution in [0, 0.1) is 6.92 Å². The number of sulfonamides is 1. The Balaban J connectivity index is 1.50. The smallest absolute Gasteiger partial charge is 0.264 e. The molecule has 1 heterocycles. The molecule has 0 unspecified atom stereocenters. The van der Waals surface area contributed by atoms with Crippen LogP contribution in [0.4, 0.5) is 5.69 Å². The number of nitrogens with zero attached hydrogens (tertiary/aromatic N) is 1. The first-order valence-corrected chi connectivity index (χ1v) is 14.8. The Morgan fingerprint density at radius 1 is 1.05 bits per heavy atom. The number of rotatable bonds is 9. The fourth-order valence-corrected chi connectivity index (χ4v) is 5.89. The second-order valence-electron chi connectivity index (χ2n) is 10.9. The van der Waals surface area contributed by atoms with Crippen LogP contribution in [0.25, 0.3) is 0 Å². The van der Waals surface area contributed by atoms with Crippen LogP contribution in [0.3, 0.4) is 0 Å². The number of carbonyl (C=O) groups excluding carboxylic acids is 1. The highest BCUT2D eigenvalue weighted by Gasteiger charge is 2.38. The van der Waals surface area contributed by atoms with Crippen molar-refractivity contribution in [2.45, 2.75) is 63.9 Å². The molecule has 1 aliphatic rings. The number of carbonyl (C=O) groups is 1. The van der Waals surface area contributed by atoms with E-state index in [1.807, 2.05) is 43.3 Å². The first-order valence-electron chi connectivity index (χ1n) is 13.4. The molecule has 1 aliphatic heterocycles. The molecule has 0 bridgehead atoms. The van der Waals surface area contributed by atoms with Crippen LogP contribution in [0.15, 0.2) is 71.6 Å². The Labute approximate surface area is 232 Å². The molecule has 1 amide bonds. The van der Waals surface area contributed by atoms with Gasteiger partial charge < -0.3 is 14.8 Å². The molecule has 0 aliphatic carbocycles. The Bertz CT molecular complexity index is 1390. The Morgan fingerprint density at radius 3 is 2.38 bits per heavy atom. The van der Waals surface area contributed by atoms with Gasteiger partial charge in [-0.2, -0.15) is 0 Å². The minimum Gasteiger partial charge on any atom is -0.492 e. The van der Waals surface area contributed by atoms with Crippen molar-refractivity contribution in [3.63, 3.8) is 0 Å². The van der Waals surface area contributed by atoms with E-state index in [4.69, 9.17) is 9.47 Å². The lowest BCUT2D eigenvalue weighted by Crippen LogP contribution is -2.51. The van der Waals surface area contributed by atoms with Gasteiger partial charge in [0.1, 0.15) is 18.1 Å². The van der Waals surface area contributed by atoms with Crippen LogP contribution in [0.5, 0.6) is 11.5 Å². The van der Waals surface area contributed by atoms with Crippen molar-refractivity contribution in [3.05, 3.63) is 83.4 Å². The summed E-state index contributed by atoms with van der Waals surface area (Å²) in [4.78, 5) is 13.3. The molecule has 208 valence electrons. The molecule has 0 fully saturated rings. The van der Waals surface area contributed by atoms with Gasteiger partial charge in [0.2, 0.25) is 0 Å². The van der Waals surface area contributed by atoms with E-state index in [1.54, 1.807) is 30.3 Å². The predicted molar refractivity (Wildman–Crippen MR) is 154 cm³/mol. The van der Waals surface area contributed by atoms with E-state index in [1.165, 1.54) is 9.87 Å². The first-order chi connectivity index (χ1) is 18.5. The Hall–Kier alpha value is -3.52. The molecule has 0 saturated heterocycles. The van der Waals surface area contributed by atoms with Crippen LogP contribution < -0.4 is 19.1 Å². The minimum absolute atomic E-state index is 0.137. The van der Waals surface area contributed by atoms with Gasteiger partial charge in [-0.3, -0.25) is 9.10 Å². The van der Waals surface area contributed by atoms with Crippen molar-refractivity contribution in [1.82, 2.24) is 5.32 Å². The van der Waals surface area contributed by atoms with E-state index >= 15 is 0 Å². The SMILES string of the molecule is CCCc1ccc(OCCNC(=O)[C@H]2CN(S(=O)(=O)c3ccc(C)cc3)c3cc(C(C)(C)C)ccc3O2)cc1. The second kappa shape index (κ2) is 11.7. The van der Waals surface area contributed by atoms with Gasteiger partial charge in [-0.15, -0.1) is 0 Å². The van der Waals surface area contributed by atoms with E-state index in [-0.39, 0.29) is 30.0 Å². The average Bonchev–Trinajstić information content (AvgIpc) is 2.90. The number of nitrogens with one attached hydrogen (secondary N) is 1. The Kier molecular flexibility index (Phi) is 8.54. The summed E-state index contributed by atoms with van der Waals surface area (Å²) >= 11 is 0. The quantitative estimate of drug-likeness (QED) is 0.361. The van der Waals surface area contributed by atoms with Crippen LogP contribution in [-0.4, -0.2) is 40.1 Å². The summed E-state index contributed by atoms with van der Waals surface area (Å²) in [6.07, 6.45) is 1.10. The van der Waals surface area contributed by atoms with E-state index < -0.39 is 22.0 Å². The number of amides is 1. The molecule has 3 aromatic carbocycles. The second-order valence-corrected chi connectivity index (χ2v) is 12.8. The number of ether oxygens (including phenoxy) is 2. The zero-order valence-electron chi connectivity index (χ0n) is 23.4. The molecule has 4 rings (SSSR count). The number of hydrogen-bond acceptors (Lipinski definition) is 5. The summed E-state index contributed by atoms with van der Waals surface area (Å²) in [5.74, 6) is 0.692. The summed E-state index contributed by atoms with van der Waals surface area (Å²) in [5.41, 5.74) is 3.42. The highest BCUT2D eigenvalue weighted by atomic mass is 32.2. The van der Waals surface area contributed by atoms with Crippen LogP contribution in [-0.2, 0) is 26.7 Å². The topological polar surface area (TPSA) is 84.9 Å². The number of anilines is 1. The van der Waals surface area contributed by atoms with Crippen molar-refractivity contribution in [2.75, 3.05) is 24.0 Å². The molecular formula is C31H38N2O5S. The fraction of sp³-hybridized carbons (Fsp3) is 0.387. The maximum absolute atomic E-state index is 13.8. The summed E-state index contributed by atoms with van der Waals surface area (Å²) in [5, 5.41) is 2.83. The van der Waals surface area contributed by atoms with E-state index in [0.29, 0.717) is 11.4 Å². The van der Waals surface area contributed by atoms with Crippen molar-refractivity contribution in [3.8, 4) is 11.5 Å². The third-order valence-electron chi connectivity index (χ3n) is 6.73. The van der Waals surface area contributed by atoms with E-state index in [2.05, 4.69) is 33.0 Å². The van der Waals surface area contributed by atoms with Crippen molar-refractivity contribution < 1.29 is 22.7 Å². The van der Waals surface area contributed by atoms with E-state index in [0.717, 1.165) is 29.7 Å². The van der Waals surface area contributed by atoms with Gasteiger partial charge in [-0.25, -0.2) is 8.42 Å². The maximum atomic E-state index is 13.8. The molecule has 0 spiro atoms. The molecule has 7 nitrogen and oxygen atoms in total. The molecule has 0 aromatic heterocycles. The highest BCUT2D eigenvalue weighted by molar-refractivity contribution is 7.92. The predicted octanol–water partition coefficient (Wildman–Crippen LogP) is 5.40.